The van der Waals surface area contributed by atoms with Crippen LogP contribution in [-0.2, 0) is 14.3 Å². The Balaban J connectivity index is 1.42. The predicted octanol–water partition coefficient (Wildman–Crippen LogP) is 4.02. The molecule has 0 spiro atoms. The van der Waals surface area contributed by atoms with Gasteiger partial charge >= 0.3 is 12.1 Å². The molecule has 1 aliphatic heterocycles. The summed E-state index contributed by atoms with van der Waals surface area (Å²) in [6.07, 6.45) is 0.701. The summed E-state index contributed by atoms with van der Waals surface area (Å²) in [6, 6.07) is 15.1. The molecular weight excluding hydrogens is 420 g/mol. The lowest BCUT2D eigenvalue weighted by atomic mass is 9.98. The SMILES string of the molecule is CC(C)[C@H](NC(=O)OCC1c2ccccc2-c2ccccc21)C(=O)N1CCC[C@@H]1CC(=O)O. The number of aliphatic carboxylic acids is 1. The number of nitrogens with zero attached hydrogens (tertiary/aromatic N) is 1. The summed E-state index contributed by atoms with van der Waals surface area (Å²) >= 11 is 0. The zero-order chi connectivity index (χ0) is 23.5. The van der Waals surface area contributed by atoms with Crippen molar-refractivity contribution in [1.82, 2.24) is 10.2 Å². The number of hydrogen-bond acceptors (Lipinski definition) is 4. The van der Waals surface area contributed by atoms with E-state index in [9.17, 15) is 14.4 Å². The van der Waals surface area contributed by atoms with Crippen molar-refractivity contribution in [3.8, 4) is 11.1 Å². The van der Waals surface area contributed by atoms with Crippen LogP contribution in [0.2, 0.25) is 0 Å². The van der Waals surface area contributed by atoms with Gasteiger partial charge in [-0.25, -0.2) is 4.79 Å². The number of benzene rings is 2. The molecule has 1 aliphatic carbocycles. The minimum atomic E-state index is -0.926. The largest absolute Gasteiger partial charge is 0.481 e. The van der Waals surface area contributed by atoms with E-state index in [0.29, 0.717) is 13.0 Å². The van der Waals surface area contributed by atoms with Gasteiger partial charge in [-0.2, -0.15) is 0 Å². The van der Waals surface area contributed by atoms with Gasteiger partial charge in [-0.3, -0.25) is 9.59 Å². The van der Waals surface area contributed by atoms with Crippen LogP contribution in [0.1, 0.15) is 50.2 Å². The minimum Gasteiger partial charge on any atom is -0.481 e. The maximum absolute atomic E-state index is 13.2. The van der Waals surface area contributed by atoms with Gasteiger partial charge in [-0.15, -0.1) is 0 Å². The molecule has 2 amide bonds. The van der Waals surface area contributed by atoms with Crippen LogP contribution in [0.5, 0.6) is 0 Å². The molecule has 7 heteroatoms. The Labute approximate surface area is 193 Å². The van der Waals surface area contributed by atoms with Crippen LogP contribution in [-0.4, -0.2) is 53.2 Å². The predicted molar refractivity (Wildman–Crippen MR) is 124 cm³/mol. The summed E-state index contributed by atoms with van der Waals surface area (Å²) in [7, 11) is 0. The molecule has 0 saturated carbocycles. The molecule has 0 aromatic heterocycles. The number of likely N-dealkylation sites (tertiary alicyclic amines) is 1. The maximum atomic E-state index is 13.2. The fourth-order valence-electron chi connectivity index (χ4n) is 5.00. The first kappa shape index (κ1) is 22.8. The van der Waals surface area contributed by atoms with Gasteiger partial charge in [0.15, 0.2) is 0 Å². The Morgan fingerprint density at radius 3 is 2.24 bits per heavy atom. The van der Waals surface area contributed by atoms with Gasteiger partial charge < -0.3 is 20.1 Å². The number of carboxylic acids is 1. The van der Waals surface area contributed by atoms with Crippen LogP contribution in [0.4, 0.5) is 4.79 Å². The van der Waals surface area contributed by atoms with Crippen molar-refractivity contribution in [2.75, 3.05) is 13.2 Å². The number of nitrogens with one attached hydrogen (secondary N) is 1. The second-order valence-corrected chi connectivity index (χ2v) is 9.12. The molecule has 4 rings (SSSR count). The van der Waals surface area contributed by atoms with E-state index in [4.69, 9.17) is 9.84 Å². The number of hydrogen-bond donors (Lipinski definition) is 2. The quantitative estimate of drug-likeness (QED) is 0.664. The molecule has 1 heterocycles. The Hall–Kier alpha value is -3.35. The molecular formula is C26H30N2O5. The van der Waals surface area contributed by atoms with E-state index in [1.54, 1.807) is 4.90 Å². The molecule has 7 nitrogen and oxygen atoms in total. The number of alkyl carbamates (subject to hydrolysis) is 1. The normalized spacial score (nSPS) is 18.0. The highest BCUT2D eigenvalue weighted by Gasteiger charge is 2.37. The lowest BCUT2D eigenvalue weighted by molar-refractivity contribution is -0.140. The molecule has 0 unspecified atom stereocenters. The molecule has 2 aromatic rings. The second-order valence-electron chi connectivity index (χ2n) is 9.12. The van der Waals surface area contributed by atoms with Gasteiger partial charge in [-0.1, -0.05) is 62.4 Å². The number of ether oxygens (including phenoxy) is 1. The van der Waals surface area contributed by atoms with Gasteiger partial charge in [0.2, 0.25) is 5.91 Å². The van der Waals surface area contributed by atoms with Gasteiger partial charge in [0, 0.05) is 18.5 Å². The number of amides is 2. The third-order valence-corrected chi connectivity index (χ3v) is 6.62. The topological polar surface area (TPSA) is 95.9 Å². The zero-order valence-corrected chi connectivity index (χ0v) is 19.0. The fraction of sp³-hybridized carbons (Fsp3) is 0.423. The Morgan fingerprint density at radius 1 is 1.06 bits per heavy atom. The average Bonchev–Trinajstić information content (AvgIpc) is 3.37. The molecule has 174 valence electrons. The molecule has 2 aromatic carbocycles. The third kappa shape index (κ3) is 4.72. The van der Waals surface area contributed by atoms with Gasteiger partial charge in [0.05, 0.1) is 6.42 Å². The first-order valence-corrected chi connectivity index (χ1v) is 11.5. The Bertz CT molecular complexity index is 1000. The first-order chi connectivity index (χ1) is 15.9. The number of carboxylic acid groups (broad SMARTS) is 1. The Kier molecular flexibility index (Phi) is 6.67. The van der Waals surface area contributed by atoms with Crippen LogP contribution in [0.15, 0.2) is 48.5 Å². The summed E-state index contributed by atoms with van der Waals surface area (Å²) in [6.45, 7) is 4.39. The number of rotatable bonds is 7. The molecule has 1 fully saturated rings. The number of carbonyl (C=O) groups excluding carboxylic acids is 2. The van der Waals surface area contributed by atoms with Crippen molar-refractivity contribution < 1.29 is 24.2 Å². The van der Waals surface area contributed by atoms with Gasteiger partial charge in [0.1, 0.15) is 12.6 Å². The van der Waals surface area contributed by atoms with E-state index in [0.717, 1.165) is 28.7 Å². The van der Waals surface area contributed by atoms with Crippen LogP contribution in [0, 0.1) is 5.92 Å². The monoisotopic (exact) mass is 450 g/mol. The van der Waals surface area contributed by atoms with Crippen LogP contribution in [0.25, 0.3) is 11.1 Å². The standard InChI is InChI=1S/C26H30N2O5/c1-16(2)24(25(31)28-13-7-8-17(28)14-23(29)30)27-26(32)33-15-22-20-11-5-3-9-18(20)19-10-4-6-12-21(19)22/h3-6,9-12,16-17,22,24H,7-8,13-15H2,1-2H3,(H,27,32)(H,29,30)/t17-,24+/m1/s1. The molecule has 2 aliphatic rings. The highest BCUT2D eigenvalue weighted by molar-refractivity contribution is 5.87. The van der Waals surface area contributed by atoms with E-state index in [-0.39, 0.29) is 36.8 Å². The van der Waals surface area contributed by atoms with Crippen LogP contribution < -0.4 is 5.32 Å². The smallest absolute Gasteiger partial charge is 0.407 e. The lowest BCUT2D eigenvalue weighted by Crippen LogP contribution is -2.52. The van der Waals surface area contributed by atoms with Crippen LogP contribution in [0.3, 0.4) is 0 Å². The summed E-state index contributed by atoms with van der Waals surface area (Å²) < 4.78 is 5.61. The zero-order valence-electron chi connectivity index (χ0n) is 19.0. The highest BCUT2D eigenvalue weighted by atomic mass is 16.5. The van der Waals surface area contributed by atoms with E-state index in [1.807, 2.05) is 38.1 Å². The van der Waals surface area contributed by atoms with E-state index >= 15 is 0 Å². The molecule has 0 bridgehead atoms. The average molecular weight is 451 g/mol. The first-order valence-electron chi connectivity index (χ1n) is 11.5. The molecule has 33 heavy (non-hydrogen) atoms. The van der Waals surface area contributed by atoms with Gasteiger partial charge in [-0.05, 0) is 41.0 Å². The van der Waals surface area contributed by atoms with Crippen molar-refractivity contribution in [2.24, 2.45) is 5.92 Å². The van der Waals surface area contributed by atoms with E-state index < -0.39 is 18.1 Å². The number of fused-ring (bicyclic) bond motifs is 3. The third-order valence-electron chi connectivity index (χ3n) is 6.62. The summed E-state index contributed by atoms with van der Waals surface area (Å²) in [5, 5.41) is 11.9. The van der Waals surface area contributed by atoms with Crippen molar-refractivity contribution in [3.63, 3.8) is 0 Å². The summed E-state index contributed by atoms with van der Waals surface area (Å²) in [4.78, 5) is 38.6. The van der Waals surface area contributed by atoms with Gasteiger partial charge in [0.25, 0.3) is 0 Å². The highest BCUT2D eigenvalue weighted by Crippen LogP contribution is 2.44. The lowest BCUT2D eigenvalue weighted by Gasteiger charge is -2.30. The summed E-state index contributed by atoms with van der Waals surface area (Å²) in [5.74, 6) is -1.40. The van der Waals surface area contributed by atoms with Crippen molar-refractivity contribution in [3.05, 3.63) is 59.7 Å². The van der Waals surface area contributed by atoms with Crippen molar-refractivity contribution in [1.29, 1.82) is 0 Å². The number of carbonyl (C=O) groups is 3. The second kappa shape index (κ2) is 9.65. The maximum Gasteiger partial charge on any atom is 0.407 e. The molecule has 0 radical (unpaired) electrons. The molecule has 1 saturated heterocycles. The molecule has 2 atom stereocenters. The fourth-order valence-corrected chi connectivity index (χ4v) is 5.00. The van der Waals surface area contributed by atoms with Crippen molar-refractivity contribution >= 4 is 18.0 Å². The summed E-state index contributed by atoms with van der Waals surface area (Å²) in [5.41, 5.74) is 4.54. The van der Waals surface area contributed by atoms with E-state index in [1.165, 1.54) is 0 Å². The molecule has 2 N–H and O–H groups in total. The van der Waals surface area contributed by atoms with E-state index in [2.05, 4.69) is 29.6 Å². The Morgan fingerprint density at radius 2 is 1.67 bits per heavy atom. The minimum absolute atomic E-state index is 0.0603. The van der Waals surface area contributed by atoms with Crippen molar-refractivity contribution in [2.45, 2.75) is 51.1 Å². The van der Waals surface area contributed by atoms with Crippen LogP contribution >= 0.6 is 0 Å².